The average molecular weight is 399 g/mol. The van der Waals surface area contributed by atoms with E-state index in [1.165, 1.54) is 7.11 Å². The molecule has 0 saturated carbocycles. The Labute approximate surface area is 165 Å². The normalized spacial score (nSPS) is 10.4. The third-order valence-corrected chi connectivity index (χ3v) is 4.50. The van der Waals surface area contributed by atoms with Crippen LogP contribution in [0.2, 0.25) is 0 Å². The Bertz CT molecular complexity index is 972. The molecule has 1 N–H and O–H groups in total. The molecule has 0 fully saturated rings. The Morgan fingerprint density at radius 1 is 1.07 bits per heavy atom. The van der Waals surface area contributed by atoms with Gasteiger partial charge in [0.25, 0.3) is 5.22 Å². The first-order valence-corrected chi connectivity index (χ1v) is 9.17. The number of thioether (sulfide) groups is 1. The Hall–Kier alpha value is -3.33. The lowest BCUT2D eigenvalue weighted by atomic mass is 10.2. The van der Waals surface area contributed by atoms with E-state index in [0.29, 0.717) is 11.6 Å². The summed E-state index contributed by atoms with van der Waals surface area (Å²) in [7, 11) is 2.87. The number of nitrogens with one attached hydrogen (secondary N) is 1. The van der Waals surface area contributed by atoms with E-state index in [1.54, 1.807) is 55.6 Å². The smallest absolute Gasteiger partial charge is 0.339 e. The number of rotatable bonds is 7. The first-order chi connectivity index (χ1) is 13.6. The number of para-hydroxylation sites is 1. The van der Waals surface area contributed by atoms with Crippen LogP contribution >= 0.6 is 11.8 Å². The van der Waals surface area contributed by atoms with Gasteiger partial charge >= 0.3 is 5.97 Å². The van der Waals surface area contributed by atoms with Gasteiger partial charge in [-0.3, -0.25) is 4.79 Å². The Kier molecular flexibility index (Phi) is 6.28. The van der Waals surface area contributed by atoms with Gasteiger partial charge in [0, 0.05) is 5.56 Å². The van der Waals surface area contributed by atoms with Gasteiger partial charge in [0.2, 0.25) is 11.8 Å². The molecule has 0 bridgehead atoms. The number of amides is 1. The number of methoxy groups -OCH3 is 2. The van der Waals surface area contributed by atoms with Crippen LogP contribution in [0.3, 0.4) is 0 Å². The van der Waals surface area contributed by atoms with Crippen molar-refractivity contribution in [2.75, 3.05) is 25.3 Å². The van der Waals surface area contributed by atoms with Gasteiger partial charge in [-0.2, -0.15) is 0 Å². The standard InChI is InChI=1S/C19H17N3O5S/c1-25-13-9-7-12(8-10-13)17-21-22-19(27-17)28-11-16(23)20-15-6-4-3-5-14(15)18(24)26-2/h3-10H,11H2,1-2H3,(H,20,23). The summed E-state index contributed by atoms with van der Waals surface area (Å²) < 4.78 is 15.4. The number of esters is 1. The molecule has 1 amide bonds. The number of hydrogen-bond acceptors (Lipinski definition) is 8. The second-order valence-corrected chi connectivity index (χ2v) is 6.40. The van der Waals surface area contributed by atoms with Crippen LogP contribution in [-0.2, 0) is 9.53 Å². The van der Waals surface area contributed by atoms with Gasteiger partial charge in [0.15, 0.2) is 0 Å². The van der Waals surface area contributed by atoms with Gasteiger partial charge in [-0.1, -0.05) is 23.9 Å². The topological polar surface area (TPSA) is 104 Å². The van der Waals surface area contributed by atoms with Gasteiger partial charge < -0.3 is 19.2 Å². The quantitative estimate of drug-likeness (QED) is 0.477. The summed E-state index contributed by atoms with van der Waals surface area (Å²) in [5.41, 5.74) is 1.41. The molecule has 144 valence electrons. The highest BCUT2D eigenvalue weighted by Crippen LogP contribution is 2.25. The number of carbonyl (C=O) groups is 2. The Morgan fingerprint density at radius 3 is 2.54 bits per heavy atom. The Balaban J connectivity index is 1.60. The summed E-state index contributed by atoms with van der Waals surface area (Å²) in [5, 5.41) is 10.9. The zero-order chi connectivity index (χ0) is 19.9. The van der Waals surface area contributed by atoms with Gasteiger partial charge in [-0.25, -0.2) is 4.79 Å². The van der Waals surface area contributed by atoms with E-state index >= 15 is 0 Å². The van der Waals surface area contributed by atoms with Gasteiger partial charge in [0.05, 0.1) is 31.2 Å². The molecule has 0 aliphatic rings. The third kappa shape index (κ3) is 4.68. The summed E-state index contributed by atoms with van der Waals surface area (Å²) in [6.45, 7) is 0. The molecule has 8 nitrogen and oxygen atoms in total. The maximum Gasteiger partial charge on any atom is 0.339 e. The number of anilines is 1. The SMILES string of the molecule is COC(=O)c1ccccc1NC(=O)CSc1nnc(-c2ccc(OC)cc2)o1. The van der Waals surface area contributed by atoms with Crippen molar-refractivity contribution in [3.05, 3.63) is 54.1 Å². The highest BCUT2D eigenvalue weighted by molar-refractivity contribution is 7.99. The van der Waals surface area contributed by atoms with E-state index in [4.69, 9.17) is 13.9 Å². The molecule has 2 aromatic carbocycles. The lowest BCUT2D eigenvalue weighted by Gasteiger charge is -2.08. The third-order valence-electron chi connectivity index (χ3n) is 3.68. The summed E-state index contributed by atoms with van der Waals surface area (Å²) in [6.07, 6.45) is 0. The molecule has 0 saturated heterocycles. The van der Waals surface area contributed by atoms with Gasteiger partial charge in [0.1, 0.15) is 5.75 Å². The van der Waals surface area contributed by atoms with Crippen molar-refractivity contribution < 1.29 is 23.5 Å². The van der Waals surface area contributed by atoms with Crippen LogP contribution in [0.1, 0.15) is 10.4 Å². The monoisotopic (exact) mass is 399 g/mol. The van der Waals surface area contributed by atoms with E-state index in [2.05, 4.69) is 15.5 Å². The lowest BCUT2D eigenvalue weighted by Crippen LogP contribution is -2.17. The minimum absolute atomic E-state index is 0.0414. The van der Waals surface area contributed by atoms with Crippen molar-refractivity contribution in [2.45, 2.75) is 5.22 Å². The molecule has 0 unspecified atom stereocenters. The van der Waals surface area contributed by atoms with Crippen molar-refractivity contribution in [3.8, 4) is 17.2 Å². The Morgan fingerprint density at radius 2 is 1.82 bits per heavy atom. The number of aromatic nitrogens is 2. The first kappa shape index (κ1) is 19.4. The van der Waals surface area contributed by atoms with E-state index in [0.717, 1.165) is 23.1 Å². The molecule has 0 spiro atoms. The maximum absolute atomic E-state index is 12.2. The average Bonchev–Trinajstić information content (AvgIpc) is 3.21. The minimum atomic E-state index is -0.524. The van der Waals surface area contributed by atoms with Crippen LogP contribution in [0.15, 0.2) is 58.2 Å². The zero-order valence-corrected chi connectivity index (χ0v) is 16.0. The lowest BCUT2D eigenvalue weighted by molar-refractivity contribution is -0.113. The molecule has 9 heteroatoms. The number of nitrogens with zero attached hydrogens (tertiary/aromatic N) is 2. The summed E-state index contributed by atoms with van der Waals surface area (Å²) in [4.78, 5) is 24.0. The molecule has 0 atom stereocenters. The molecule has 0 radical (unpaired) electrons. The molecule has 0 aliphatic heterocycles. The summed E-state index contributed by atoms with van der Waals surface area (Å²) in [6, 6.07) is 13.8. The van der Waals surface area contributed by atoms with E-state index in [9.17, 15) is 9.59 Å². The molecule has 28 heavy (non-hydrogen) atoms. The molecule has 1 aromatic heterocycles. The van der Waals surface area contributed by atoms with Crippen LogP contribution < -0.4 is 10.1 Å². The van der Waals surface area contributed by atoms with Crippen LogP contribution in [0.4, 0.5) is 5.69 Å². The summed E-state index contributed by atoms with van der Waals surface area (Å²) in [5.74, 6) is 0.276. The molecular formula is C19H17N3O5S. The first-order valence-electron chi connectivity index (χ1n) is 8.18. The van der Waals surface area contributed by atoms with Crippen LogP contribution in [0.25, 0.3) is 11.5 Å². The summed E-state index contributed by atoms with van der Waals surface area (Å²) >= 11 is 1.10. The molecule has 3 aromatic rings. The predicted octanol–water partition coefficient (Wildman–Crippen LogP) is 3.26. The van der Waals surface area contributed by atoms with E-state index in [1.807, 2.05) is 0 Å². The van der Waals surface area contributed by atoms with Crippen molar-refractivity contribution in [1.29, 1.82) is 0 Å². The molecular weight excluding hydrogens is 382 g/mol. The van der Waals surface area contributed by atoms with Crippen molar-refractivity contribution in [2.24, 2.45) is 0 Å². The fourth-order valence-corrected chi connectivity index (χ4v) is 2.88. The maximum atomic E-state index is 12.2. The number of ether oxygens (including phenoxy) is 2. The largest absolute Gasteiger partial charge is 0.497 e. The molecule has 0 aliphatic carbocycles. The second kappa shape index (κ2) is 9.05. The van der Waals surface area contributed by atoms with Crippen molar-refractivity contribution in [3.63, 3.8) is 0 Å². The number of carbonyl (C=O) groups excluding carboxylic acids is 2. The number of hydrogen-bond donors (Lipinski definition) is 1. The van der Waals surface area contributed by atoms with E-state index in [-0.39, 0.29) is 22.4 Å². The van der Waals surface area contributed by atoms with Crippen molar-refractivity contribution in [1.82, 2.24) is 10.2 Å². The highest BCUT2D eigenvalue weighted by Gasteiger charge is 2.15. The van der Waals surface area contributed by atoms with Crippen LogP contribution in [-0.4, -0.2) is 42.0 Å². The van der Waals surface area contributed by atoms with E-state index < -0.39 is 5.97 Å². The fourth-order valence-electron chi connectivity index (χ4n) is 2.31. The molecule has 3 rings (SSSR count). The number of benzene rings is 2. The highest BCUT2D eigenvalue weighted by atomic mass is 32.2. The molecule has 1 heterocycles. The van der Waals surface area contributed by atoms with Crippen LogP contribution in [0, 0.1) is 0 Å². The zero-order valence-electron chi connectivity index (χ0n) is 15.2. The van der Waals surface area contributed by atoms with Gasteiger partial charge in [-0.05, 0) is 36.4 Å². The second-order valence-electron chi connectivity index (χ2n) is 5.48. The predicted molar refractivity (Wildman–Crippen MR) is 103 cm³/mol. The van der Waals surface area contributed by atoms with Crippen LogP contribution in [0.5, 0.6) is 5.75 Å². The minimum Gasteiger partial charge on any atom is -0.497 e. The van der Waals surface area contributed by atoms with Gasteiger partial charge in [-0.15, -0.1) is 10.2 Å². The fraction of sp³-hybridized carbons (Fsp3) is 0.158. The van der Waals surface area contributed by atoms with Crippen molar-refractivity contribution >= 4 is 29.3 Å².